The molecule has 4 heteroatoms. The maximum Gasteiger partial charge on any atom is 0.309 e. The normalized spacial score (nSPS) is 12.4. The molecule has 0 aliphatic heterocycles. The third kappa shape index (κ3) is 5.01. The molecule has 0 aromatic heterocycles. The van der Waals surface area contributed by atoms with Gasteiger partial charge < -0.3 is 10.2 Å². The Morgan fingerprint density at radius 2 is 0.952 bits per heavy atom. The Kier molecular flexibility index (Phi) is 8.60. The van der Waals surface area contributed by atoms with Gasteiger partial charge in [0.05, 0.1) is 10.8 Å². The minimum Gasteiger partial charge on any atom is -0.481 e. The Morgan fingerprint density at radius 3 is 1.14 bits per heavy atom. The zero-order valence-corrected chi connectivity index (χ0v) is 14.1. The molecule has 0 spiro atoms. The smallest absolute Gasteiger partial charge is 0.309 e. The zero-order valence-electron chi connectivity index (χ0n) is 14.1. The average Bonchev–Trinajstić information content (AvgIpc) is 2.47. The van der Waals surface area contributed by atoms with Crippen LogP contribution in [0.15, 0.2) is 0 Å². The number of hydrogen-bond acceptors (Lipinski definition) is 2. The second-order valence-corrected chi connectivity index (χ2v) is 6.15. The summed E-state index contributed by atoms with van der Waals surface area (Å²) in [5, 5.41) is 18.8. The van der Waals surface area contributed by atoms with Crippen LogP contribution in [0, 0.1) is 10.8 Å². The molecule has 0 heterocycles. The van der Waals surface area contributed by atoms with Gasteiger partial charge in [0.25, 0.3) is 0 Å². The van der Waals surface area contributed by atoms with Gasteiger partial charge in [-0.25, -0.2) is 0 Å². The van der Waals surface area contributed by atoms with Gasteiger partial charge in [-0.3, -0.25) is 9.59 Å². The van der Waals surface area contributed by atoms with E-state index >= 15 is 0 Å². The molecule has 4 nitrogen and oxygen atoms in total. The number of unbranched alkanes of at least 4 members (excludes halogenated alkanes) is 2. The van der Waals surface area contributed by atoms with Crippen molar-refractivity contribution in [3.05, 3.63) is 0 Å². The molecule has 0 unspecified atom stereocenters. The van der Waals surface area contributed by atoms with Crippen molar-refractivity contribution in [1.82, 2.24) is 0 Å². The lowest BCUT2D eigenvalue weighted by atomic mass is 9.76. The Hall–Kier alpha value is -1.06. The fourth-order valence-electron chi connectivity index (χ4n) is 3.13. The molecule has 0 aliphatic carbocycles. The molecule has 124 valence electrons. The summed E-state index contributed by atoms with van der Waals surface area (Å²) in [5.74, 6) is -1.40. The van der Waals surface area contributed by atoms with E-state index in [9.17, 15) is 19.8 Å². The van der Waals surface area contributed by atoms with Crippen LogP contribution in [0.25, 0.3) is 0 Å². The average molecular weight is 300 g/mol. The lowest BCUT2D eigenvalue weighted by molar-refractivity contribution is -0.150. The highest BCUT2D eigenvalue weighted by Gasteiger charge is 2.35. The van der Waals surface area contributed by atoms with E-state index in [-0.39, 0.29) is 0 Å². The van der Waals surface area contributed by atoms with Crippen LogP contribution in [0.1, 0.15) is 85.5 Å². The van der Waals surface area contributed by atoms with Crippen LogP contribution in [-0.2, 0) is 9.59 Å². The molecule has 21 heavy (non-hydrogen) atoms. The molecule has 0 aromatic rings. The highest BCUT2D eigenvalue weighted by molar-refractivity contribution is 5.74. The minimum absolute atomic E-state index is 0.598. The Labute approximate surface area is 128 Å². The number of carboxylic acids is 2. The third-order valence-corrected chi connectivity index (χ3v) is 5.43. The van der Waals surface area contributed by atoms with Crippen molar-refractivity contribution in [2.75, 3.05) is 0 Å². The maximum absolute atomic E-state index is 11.4. The van der Waals surface area contributed by atoms with E-state index in [0.717, 1.165) is 19.3 Å². The Balaban J connectivity index is 4.33. The summed E-state index contributed by atoms with van der Waals surface area (Å²) in [7, 11) is 0. The standard InChI is InChI=1S/C17H32O4/c1-5-16(6-2,14(18)19)12-10-9-11-13-17(7-3,8-4)15(20)21/h5-13H2,1-4H3,(H,18,19)(H,20,21). The Bertz CT molecular complexity index is 296. The zero-order chi connectivity index (χ0) is 16.5. The largest absolute Gasteiger partial charge is 0.481 e. The molecule has 0 radical (unpaired) electrons. The predicted molar refractivity (Wildman–Crippen MR) is 84.4 cm³/mol. The second kappa shape index (κ2) is 9.06. The first-order valence-corrected chi connectivity index (χ1v) is 8.31. The molecule has 0 amide bonds. The molecule has 0 saturated heterocycles. The van der Waals surface area contributed by atoms with E-state index in [2.05, 4.69) is 0 Å². The molecule has 0 aliphatic rings. The molecule has 0 rings (SSSR count). The number of carboxylic acid groups (broad SMARTS) is 2. The number of aliphatic carboxylic acids is 2. The highest BCUT2D eigenvalue weighted by atomic mass is 16.4. The van der Waals surface area contributed by atoms with Gasteiger partial charge in [-0.2, -0.15) is 0 Å². The summed E-state index contributed by atoms with van der Waals surface area (Å²) < 4.78 is 0. The topological polar surface area (TPSA) is 74.6 Å². The predicted octanol–water partition coefficient (Wildman–Crippen LogP) is 4.72. The van der Waals surface area contributed by atoms with Crippen LogP contribution < -0.4 is 0 Å². The SMILES string of the molecule is CCC(CC)(CCCCCC(CC)(CC)C(=O)O)C(=O)O. The van der Waals surface area contributed by atoms with E-state index in [0.29, 0.717) is 38.5 Å². The van der Waals surface area contributed by atoms with Gasteiger partial charge in [-0.15, -0.1) is 0 Å². The molecule has 0 bridgehead atoms. The summed E-state index contributed by atoms with van der Waals surface area (Å²) in [4.78, 5) is 22.8. The van der Waals surface area contributed by atoms with Crippen molar-refractivity contribution in [3.63, 3.8) is 0 Å². The molecule has 2 N–H and O–H groups in total. The summed E-state index contributed by atoms with van der Waals surface area (Å²) in [6, 6.07) is 0. The maximum atomic E-state index is 11.4. The molecule has 0 saturated carbocycles. The number of carbonyl (C=O) groups is 2. The van der Waals surface area contributed by atoms with Gasteiger partial charge in [-0.1, -0.05) is 47.0 Å². The summed E-state index contributed by atoms with van der Waals surface area (Å²) in [6.07, 6.45) is 6.62. The number of rotatable bonds is 12. The second-order valence-electron chi connectivity index (χ2n) is 6.15. The van der Waals surface area contributed by atoms with Crippen molar-refractivity contribution in [2.45, 2.75) is 85.5 Å². The van der Waals surface area contributed by atoms with Crippen molar-refractivity contribution in [1.29, 1.82) is 0 Å². The van der Waals surface area contributed by atoms with Gasteiger partial charge in [0.15, 0.2) is 0 Å². The van der Waals surface area contributed by atoms with Crippen LogP contribution in [0.3, 0.4) is 0 Å². The first-order chi connectivity index (χ1) is 9.84. The molecular weight excluding hydrogens is 268 g/mol. The van der Waals surface area contributed by atoms with E-state index < -0.39 is 22.8 Å². The summed E-state index contributed by atoms with van der Waals surface area (Å²) in [5.41, 5.74) is -1.20. The fourth-order valence-corrected chi connectivity index (χ4v) is 3.13. The molecule has 0 atom stereocenters. The van der Waals surface area contributed by atoms with E-state index in [4.69, 9.17) is 0 Å². The monoisotopic (exact) mass is 300 g/mol. The lowest BCUT2D eigenvalue weighted by Crippen LogP contribution is -2.30. The van der Waals surface area contributed by atoms with E-state index in [1.54, 1.807) is 0 Å². The van der Waals surface area contributed by atoms with Crippen LogP contribution in [-0.4, -0.2) is 22.2 Å². The third-order valence-electron chi connectivity index (χ3n) is 5.43. The van der Waals surface area contributed by atoms with E-state index in [1.165, 1.54) is 0 Å². The first-order valence-electron chi connectivity index (χ1n) is 8.31. The minimum atomic E-state index is -0.700. The highest BCUT2D eigenvalue weighted by Crippen LogP contribution is 2.36. The van der Waals surface area contributed by atoms with Crippen LogP contribution in [0.4, 0.5) is 0 Å². The summed E-state index contributed by atoms with van der Waals surface area (Å²) >= 11 is 0. The van der Waals surface area contributed by atoms with Crippen LogP contribution in [0.5, 0.6) is 0 Å². The van der Waals surface area contributed by atoms with Gasteiger partial charge >= 0.3 is 11.9 Å². The molecular formula is C17H32O4. The van der Waals surface area contributed by atoms with Gasteiger partial charge in [0.1, 0.15) is 0 Å². The number of hydrogen-bond donors (Lipinski definition) is 2. The van der Waals surface area contributed by atoms with Crippen LogP contribution in [0.2, 0.25) is 0 Å². The van der Waals surface area contributed by atoms with Gasteiger partial charge in [0.2, 0.25) is 0 Å². The summed E-state index contributed by atoms with van der Waals surface area (Å²) in [6.45, 7) is 7.73. The van der Waals surface area contributed by atoms with Crippen molar-refractivity contribution in [3.8, 4) is 0 Å². The van der Waals surface area contributed by atoms with Crippen molar-refractivity contribution >= 4 is 11.9 Å². The fraction of sp³-hybridized carbons (Fsp3) is 0.882. The first kappa shape index (κ1) is 19.9. The molecule has 0 aromatic carbocycles. The van der Waals surface area contributed by atoms with Gasteiger partial charge in [0, 0.05) is 0 Å². The van der Waals surface area contributed by atoms with Crippen molar-refractivity contribution < 1.29 is 19.8 Å². The van der Waals surface area contributed by atoms with E-state index in [1.807, 2.05) is 27.7 Å². The lowest BCUT2D eigenvalue weighted by Gasteiger charge is -2.28. The van der Waals surface area contributed by atoms with Crippen molar-refractivity contribution in [2.24, 2.45) is 10.8 Å². The molecule has 0 fully saturated rings. The Morgan fingerprint density at radius 1 is 0.667 bits per heavy atom. The van der Waals surface area contributed by atoms with Gasteiger partial charge in [-0.05, 0) is 38.5 Å². The quantitative estimate of drug-likeness (QED) is 0.511. The van der Waals surface area contributed by atoms with Crippen LogP contribution >= 0.6 is 0 Å².